The van der Waals surface area contributed by atoms with E-state index in [4.69, 9.17) is 25.3 Å². The summed E-state index contributed by atoms with van der Waals surface area (Å²) in [5.74, 6) is 1.74. The molecule has 0 bridgehead atoms. The molecule has 0 radical (unpaired) electrons. The van der Waals surface area contributed by atoms with Crippen LogP contribution in [0.5, 0.6) is 11.5 Å². The fourth-order valence-electron chi connectivity index (χ4n) is 4.68. The number of hydrogen-bond acceptors (Lipinski definition) is 9. The number of fused-ring (bicyclic) bond motifs is 2. The van der Waals surface area contributed by atoms with Gasteiger partial charge >= 0.3 is 6.09 Å². The smallest absolute Gasteiger partial charge is 0.404 e. The maximum atomic E-state index is 12.7. The molecule has 38 heavy (non-hydrogen) atoms. The minimum absolute atomic E-state index is 0.0158. The van der Waals surface area contributed by atoms with E-state index in [0.717, 1.165) is 33.8 Å². The number of benzene rings is 1. The van der Waals surface area contributed by atoms with E-state index < -0.39 is 6.09 Å². The molecule has 202 valence electrons. The number of rotatable bonds is 8. The molecular weight excluding hydrogens is 578 g/mol. The van der Waals surface area contributed by atoms with E-state index >= 15 is 0 Å². The number of nitrogens with two attached hydrogens (primary N) is 1. The summed E-state index contributed by atoms with van der Waals surface area (Å²) in [6, 6.07) is 3.81. The van der Waals surface area contributed by atoms with Gasteiger partial charge in [0, 0.05) is 35.5 Å². The van der Waals surface area contributed by atoms with Gasteiger partial charge in [0.25, 0.3) is 0 Å². The molecule has 3 aromatic rings. The monoisotopic (exact) mass is 605 g/mol. The van der Waals surface area contributed by atoms with Crippen LogP contribution in [0, 0.1) is 11.8 Å². The number of anilines is 1. The lowest BCUT2D eigenvalue weighted by Crippen LogP contribution is -2.44. The number of ether oxygens (including phenoxy) is 2. The Bertz CT molecular complexity index is 1360. The lowest BCUT2D eigenvalue weighted by atomic mass is 9.93. The van der Waals surface area contributed by atoms with Crippen LogP contribution in [0.1, 0.15) is 26.2 Å². The van der Waals surface area contributed by atoms with Gasteiger partial charge in [0.15, 0.2) is 33.6 Å². The quantitative estimate of drug-likeness (QED) is 0.346. The largest absolute Gasteiger partial charge is 0.465 e. The van der Waals surface area contributed by atoms with Crippen molar-refractivity contribution in [2.75, 3.05) is 32.2 Å². The summed E-state index contributed by atoms with van der Waals surface area (Å²) in [4.78, 5) is 39.5. The van der Waals surface area contributed by atoms with Crippen molar-refractivity contribution in [3.05, 3.63) is 22.9 Å². The Morgan fingerprint density at radius 3 is 2.74 bits per heavy atom. The number of nitrogens with zero attached hydrogens (tertiary/aromatic N) is 5. The number of aryl methyl sites for hydroxylation is 1. The number of nitrogen functional groups attached to an aromatic ring is 1. The third-order valence-electron chi connectivity index (χ3n) is 6.82. The number of carboxylic acid groups (broad SMARTS) is 1. The highest BCUT2D eigenvalue weighted by molar-refractivity contribution is 9.10. The van der Waals surface area contributed by atoms with Crippen LogP contribution in [0.4, 0.5) is 10.6 Å². The normalized spacial score (nSPS) is 16.1. The van der Waals surface area contributed by atoms with E-state index in [9.17, 15) is 9.59 Å². The highest BCUT2D eigenvalue weighted by Crippen LogP contribution is 2.43. The number of hydrogen-bond donors (Lipinski definition) is 3. The summed E-state index contributed by atoms with van der Waals surface area (Å²) in [6.07, 6.45) is 2.98. The summed E-state index contributed by atoms with van der Waals surface area (Å²) in [6.45, 7) is 4.07. The second-order valence-electron chi connectivity index (χ2n) is 9.36. The predicted octanol–water partition coefficient (Wildman–Crippen LogP) is 3.58. The Balaban J connectivity index is 1.27. The van der Waals surface area contributed by atoms with Crippen molar-refractivity contribution in [2.45, 2.75) is 42.8 Å². The molecule has 0 saturated carbocycles. The molecule has 2 aromatic heterocycles. The zero-order chi connectivity index (χ0) is 26.8. The molecule has 1 atom stereocenters. The summed E-state index contributed by atoms with van der Waals surface area (Å²) in [5.41, 5.74) is 7.37. The minimum Gasteiger partial charge on any atom is -0.465 e. The van der Waals surface area contributed by atoms with Gasteiger partial charge in [-0.05, 0) is 53.2 Å². The molecule has 2 aliphatic heterocycles. The van der Waals surface area contributed by atoms with Crippen LogP contribution >= 0.6 is 27.7 Å². The number of carbonyl (C=O) groups excluding carboxylic acids is 1. The van der Waals surface area contributed by atoms with Crippen LogP contribution in [-0.4, -0.2) is 68.0 Å². The Morgan fingerprint density at radius 1 is 1.26 bits per heavy atom. The summed E-state index contributed by atoms with van der Waals surface area (Å²) >= 11 is 5.11. The van der Waals surface area contributed by atoms with Gasteiger partial charge in [0.2, 0.25) is 12.7 Å². The van der Waals surface area contributed by atoms with Gasteiger partial charge in [-0.25, -0.2) is 19.7 Å². The van der Waals surface area contributed by atoms with E-state index in [-0.39, 0.29) is 25.2 Å². The fourth-order valence-corrected chi connectivity index (χ4v) is 6.19. The molecule has 2 aliphatic rings. The van der Waals surface area contributed by atoms with Crippen LogP contribution in [0.25, 0.3) is 11.2 Å². The summed E-state index contributed by atoms with van der Waals surface area (Å²) in [5, 5.41) is 11.8. The fraction of sp³-hybridized carbons (Fsp3) is 0.458. The molecule has 0 spiro atoms. The SMILES string of the molecule is C[C@@H](CNC(=O)O)C(=O)N1CCC(CCn2c(Sc3cc4c(cc3Br)OCO4)nc3c(N)ncnc32)CC1. The maximum Gasteiger partial charge on any atom is 0.404 e. The molecule has 14 heteroatoms. The second-order valence-corrected chi connectivity index (χ2v) is 11.2. The Morgan fingerprint density at radius 2 is 2.00 bits per heavy atom. The average Bonchev–Trinajstić information content (AvgIpc) is 3.50. The van der Waals surface area contributed by atoms with E-state index in [0.29, 0.717) is 54.0 Å². The maximum absolute atomic E-state index is 12.7. The number of imidazole rings is 1. The second kappa shape index (κ2) is 11.2. The molecule has 4 N–H and O–H groups in total. The predicted molar refractivity (Wildman–Crippen MR) is 143 cm³/mol. The van der Waals surface area contributed by atoms with Crippen molar-refractivity contribution < 1.29 is 24.2 Å². The molecule has 1 saturated heterocycles. The first-order valence-electron chi connectivity index (χ1n) is 12.3. The van der Waals surface area contributed by atoms with Gasteiger partial charge in [-0.2, -0.15) is 0 Å². The molecular formula is C24H28BrN7O5S. The summed E-state index contributed by atoms with van der Waals surface area (Å²) < 4.78 is 14.0. The van der Waals surface area contributed by atoms with Gasteiger partial charge in [-0.15, -0.1) is 0 Å². The number of halogens is 1. The number of likely N-dealkylation sites (tertiary alicyclic amines) is 1. The number of carbonyl (C=O) groups is 2. The number of nitrogens with one attached hydrogen (secondary N) is 1. The van der Waals surface area contributed by atoms with Crippen molar-refractivity contribution in [2.24, 2.45) is 11.8 Å². The molecule has 12 nitrogen and oxygen atoms in total. The van der Waals surface area contributed by atoms with Crippen LogP contribution in [-0.2, 0) is 11.3 Å². The highest BCUT2D eigenvalue weighted by atomic mass is 79.9. The lowest BCUT2D eigenvalue weighted by Gasteiger charge is -2.33. The van der Waals surface area contributed by atoms with Crippen molar-refractivity contribution in [3.8, 4) is 11.5 Å². The van der Waals surface area contributed by atoms with Crippen LogP contribution in [0.3, 0.4) is 0 Å². The molecule has 2 amide bonds. The molecule has 0 unspecified atom stereocenters. The van der Waals surface area contributed by atoms with Gasteiger partial charge in [-0.1, -0.05) is 18.7 Å². The van der Waals surface area contributed by atoms with Crippen LogP contribution in [0.15, 0.2) is 33.0 Å². The lowest BCUT2D eigenvalue weighted by molar-refractivity contribution is -0.136. The van der Waals surface area contributed by atoms with Gasteiger partial charge in [-0.3, -0.25) is 4.79 Å². The third-order valence-corrected chi connectivity index (χ3v) is 8.79. The molecule has 1 aromatic carbocycles. The number of aromatic nitrogens is 4. The number of amides is 2. The van der Waals surface area contributed by atoms with Gasteiger partial charge < -0.3 is 35.1 Å². The van der Waals surface area contributed by atoms with Gasteiger partial charge in [0.05, 0.1) is 5.92 Å². The van der Waals surface area contributed by atoms with E-state index in [1.165, 1.54) is 18.1 Å². The van der Waals surface area contributed by atoms with Crippen molar-refractivity contribution in [1.82, 2.24) is 29.7 Å². The Hall–Kier alpha value is -3.26. The van der Waals surface area contributed by atoms with Crippen molar-refractivity contribution >= 4 is 56.7 Å². The van der Waals surface area contributed by atoms with Crippen molar-refractivity contribution in [1.29, 1.82) is 0 Å². The van der Waals surface area contributed by atoms with E-state index in [1.807, 2.05) is 17.0 Å². The summed E-state index contributed by atoms with van der Waals surface area (Å²) in [7, 11) is 0. The van der Waals surface area contributed by atoms with Crippen LogP contribution in [0.2, 0.25) is 0 Å². The van der Waals surface area contributed by atoms with E-state index in [2.05, 4.69) is 35.8 Å². The van der Waals surface area contributed by atoms with Crippen LogP contribution < -0.4 is 20.5 Å². The Kier molecular flexibility index (Phi) is 7.79. The molecule has 1 fully saturated rings. The van der Waals surface area contributed by atoms with Gasteiger partial charge in [0.1, 0.15) is 6.33 Å². The molecule has 0 aliphatic carbocycles. The number of piperidine rings is 1. The average molecular weight is 607 g/mol. The molecule has 5 rings (SSSR count). The minimum atomic E-state index is -1.12. The first-order chi connectivity index (χ1) is 18.3. The zero-order valence-electron chi connectivity index (χ0n) is 20.7. The zero-order valence-corrected chi connectivity index (χ0v) is 23.1. The topological polar surface area (TPSA) is 158 Å². The standard InChI is InChI=1S/C24H28BrN7O5S/c1-13(10-27-24(34)35)22(33)31-5-2-14(3-6-31)4-7-32-21-19(20(26)28-11-29-21)30-23(32)38-18-9-17-16(8-15(18)25)36-12-37-17/h8-9,11,13-14,27H,2-7,10,12H2,1H3,(H,34,35)(H2,26,28,29)/t13-/m0/s1. The molecule has 4 heterocycles. The third kappa shape index (κ3) is 5.60. The van der Waals surface area contributed by atoms with Crippen molar-refractivity contribution in [3.63, 3.8) is 0 Å². The van der Waals surface area contributed by atoms with E-state index in [1.54, 1.807) is 6.92 Å². The first kappa shape index (κ1) is 26.4. The first-order valence-corrected chi connectivity index (χ1v) is 13.9. The highest BCUT2D eigenvalue weighted by Gasteiger charge is 2.27. The Labute approximate surface area is 231 Å².